The Balaban J connectivity index is 2.31. The van der Waals surface area contributed by atoms with Crippen LogP contribution in [-0.4, -0.2) is 32.6 Å². The van der Waals surface area contributed by atoms with Crippen molar-refractivity contribution < 1.29 is 23.8 Å². The first kappa shape index (κ1) is 22.4. The number of carbonyl (C=O) groups is 2. The molecule has 0 fully saturated rings. The molecule has 2 aromatic carbocycles. The molecule has 8 heteroatoms. The van der Waals surface area contributed by atoms with Gasteiger partial charge in [0.1, 0.15) is 5.75 Å². The molecule has 2 amide bonds. The zero-order valence-electron chi connectivity index (χ0n) is 17.1. The summed E-state index contributed by atoms with van der Waals surface area (Å²) in [5.41, 5.74) is 1.22. The molecule has 2 N–H and O–H groups in total. The molecule has 0 saturated heterocycles. The van der Waals surface area contributed by atoms with E-state index in [1.165, 1.54) is 27.2 Å². The highest BCUT2D eigenvalue weighted by atomic mass is 35.5. The zero-order valence-corrected chi connectivity index (χ0v) is 17.8. The average Bonchev–Trinajstić information content (AvgIpc) is 2.66. The van der Waals surface area contributed by atoms with Crippen LogP contribution in [-0.2, 0) is 4.79 Å². The number of hydrogen-bond acceptors (Lipinski definition) is 5. The number of methoxy groups -OCH3 is 2. The summed E-state index contributed by atoms with van der Waals surface area (Å²) in [4.78, 5) is 24.1. The molecule has 0 saturated carbocycles. The molecule has 2 rings (SSSR count). The first-order chi connectivity index (χ1) is 13.7. The maximum absolute atomic E-state index is 12.8. The highest BCUT2D eigenvalue weighted by molar-refractivity contribution is 6.32. The van der Waals surface area contributed by atoms with Crippen LogP contribution < -0.4 is 24.8 Å². The number of carbonyl (C=O) groups excluding carboxylic acids is 2. The molecule has 0 aromatic heterocycles. The maximum Gasteiger partial charge on any atom is 0.255 e. The van der Waals surface area contributed by atoms with E-state index in [9.17, 15) is 9.59 Å². The fourth-order valence-corrected chi connectivity index (χ4v) is 2.79. The Morgan fingerprint density at radius 1 is 1.03 bits per heavy atom. The minimum Gasteiger partial charge on any atom is -0.495 e. The van der Waals surface area contributed by atoms with Gasteiger partial charge in [-0.2, -0.15) is 0 Å². The Morgan fingerprint density at radius 3 is 2.31 bits per heavy atom. The van der Waals surface area contributed by atoms with E-state index in [4.69, 9.17) is 25.8 Å². The van der Waals surface area contributed by atoms with Gasteiger partial charge in [0.05, 0.1) is 31.5 Å². The van der Waals surface area contributed by atoms with E-state index in [-0.39, 0.29) is 16.5 Å². The summed E-state index contributed by atoms with van der Waals surface area (Å²) in [5.74, 6) is 0.872. The fourth-order valence-electron chi connectivity index (χ4n) is 2.52. The molecule has 0 unspecified atom stereocenters. The SMILES string of the molecule is COc1ccc(NC(C)=O)cc1NC(=O)c1cc(Cl)c(OCC(C)C)c(OC)c1. The summed E-state index contributed by atoms with van der Waals surface area (Å²) < 4.78 is 16.3. The van der Waals surface area contributed by atoms with Crippen LogP contribution in [0, 0.1) is 5.92 Å². The predicted octanol–water partition coefficient (Wildman–Crippen LogP) is 4.60. The molecule has 2 aromatic rings. The Morgan fingerprint density at radius 2 is 1.72 bits per heavy atom. The number of ether oxygens (including phenoxy) is 3. The standard InChI is InChI=1S/C21H25ClN2O5/c1-12(2)11-29-20-16(22)8-14(9-19(20)28-5)21(26)24-17-10-15(23-13(3)25)6-7-18(17)27-4/h6-10,12H,11H2,1-5H3,(H,23,25)(H,24,26). The molecule has 0 aliphatic heterocycles. The van der Waals surface area contributed by atoms with Gasteiger partial charge in [0.25, 0.3) is 5.91 Å². The van der Waals surface area contributed by atoms with Crippen LogP contribution in [0.15, 0.2) is 30.3 Å². The summed E-state index contributed by atoms with van der Waals surface area (Å²) in [5, 5.41) is 5.71. The second-order valence-electron chi connectivity index (χ2n) is 6.74. The number of amides is 2. The summed E-state index contributed by atoms with van der Waals surface area (Å²) in [6.45, 7) is 5.91. The third-order valence-electron chi connectivity index (χ3n) is 3.82. The zero-order chi connectivity index (χ0) is 21.6. The van der Waals surface area contributed by atoms with Gasteiger partial charge in [-0.3, -0.25) is 9.59 Å². The van der Waals surface area contributed by atoms with Gasteiger partial charge in [-0.05, 0) is 36.2 Å². The van der Waals surface area contributed by atoms with Crippen molar-refractivity contribution in [2.24, 2.45) is 5.92 Å². The molecule has 29 heavy (non-hydrogen) atoms. The van der Waals surface area contributed by atoms with Crippen molar-refractivity contribution in [3.05, 3.63) is 40.9 Å². The van der Waals surface area contributed by atoms with Gasteiger partial charge in [-0.15, -0.1) is 0 Å². The summed E-state index contributed by atoms with van der Waals surface area (Å²) in [7, 11) is 2.97. The highest BCUT2D eigenvalue weighted by Crippen LogP contribution is 2.37. The number of rotatable bonds is 8. The minimum atomic E-state index is -0.418. The molecule has 156 valence electrons. The quantitative estimate of drug-likeness (QED) is 0.651. The summed E-state index contributed by atoms with van der Waals surface area (Å²) >= 11 is 6.33. The van der Waals surface area contributed by atoms with E-state index < -0.39 is 5.91 Å². The predicted molar refractivity (Wildman–Crippen MR) is 114 cm³/mol. The van der Waals surface area contributed by atoms with Crippen LogP contribution in [0.3, 0.4) is 0 Å². The first-order valence-electron chi connectivity index (χ1n) is 9.02. The van der Waals surface area contributed by atoms with Gasteiger partial charge in [-0.25, -0.2) is 0 Å². The van der Waals surface area contributed by atoms with Crippen LogP contribution >= 0.6 is 11.6 Å². The lowest BCUT2D eigenvalue weighted by atomic mass is 10.1. The van der Waals surface area contributed by atoms with Crippen LogP contribution in [0.5, 0.6) is 17.2 Å². The third-order valence-corrected chi connectivity index (χ3v) is 4.10. The van der Waals surface area contributed by atoms with Gasteiger partial charge in [-0.1, -0.05) is 25.4 Å². The summed E-state index contributed by atoms with van der Waals surface area (Å²) in [6, 6.07) is 8.01. The lowest BCUT2D eigenvalue weighted by Gasteiger charge is -2.16. The summed E-state index contributed by atoms with van der Waals surface area (Å²) in [6.07, 6.45) is 0. The second kappa shape index (κ2) is 10.0. The van der Waals surface area contributed by atoms with Crippen molar-refractivity contribution in [2.45, 2.75) is 20.8 Å². The van der Waals surface area contributed by atoms with Gasteiger partial charge in [0.15, 0.2) is 11.5 Å². The van der Waals surface area contributed by atoms with Crippen molar-refractivity contribution in [3.8, 4) is 17.2 Å². The Hall–Kier alpha value is -2.93. The van der Waals surface area contributed by atoms with E-state index >= 15 is 0 Å². The second-order valence-corrected chi connectivity index (χ2v) is 7.15. The monoisotopic (exact) mass is 420 g/mol. The molecule has 0 heterocycles. The lowest BCUT2D eigenvalue weighted by Crippen LogP contribution is -2.14. The first-order valence-corrected chi connectivity index (χ1v) is 9.40. The number of benzene rings is 2. The largest absolute Gasteiger partial charge is 0.495 e. The van der Waals surface area contributed by atoms with Gasteiger partial charge in [0.2, 0.25) is 5.91 Å². The average molecular weight is 421 g/mol. The van der Waals surface area contributed by atoms with Crippen LogP contribution in [0.1, 0.15) is 31.1 Å². The Bertz CT molecular complexity index is 899. The number of nitrogens with one attached hydrogen (secondary N) is 2. The fraction of sp³-hybridized carbons (Fsp3) is 0.333. The van der Waals surface area contributed by atoms with E-state index in [0.717, 1.165) is 0 Å². The molecular formula is C21H25ClN2O5. The molecule has 0 radical (unpaired) electrons. The molecule has 0 aliphatic carbocycles. The Kier molecular flexibility index (Phi) is 7.73. The van der Waals surface area contributed by atoms with Crippen LogP contribution in [0.25, 0.3) is 0 Å². The molecule has 7 nitrogen and oxygen atoms in total. The molecule has 0 spiro atoms. The minimum absolute atomic E-state index is 0.221. The number of anilines is 2. The maximum atomic E-state index is 12.8. The van der Waals surface area contributed by atoms with E-state index in [0.29, 0.717) is 41.1 Å². The van der Waals surface area contributed by atoms with Crippen molar-refractivity contribution in [2.75, 3.05) is 31.5 Å². The van der Waals surface area contributed by atoms with Crippen LogP contribution in [0.2, 0.25) is 5.02 Å². The van der Waals surface area contributed by atoms with Crippen molar-refractivity contribution in [1.82, 2.24) is 0 Å². The van der Waals surface area contributed by atoms with Gasteiger partial charge >= 0.3 is 0 Å². The molecule has 0 atom stereocenters. The van der Waals surface area contributed by atoms with E-state index in [1.54, 1.807) is 24.3 Å². The highest BCUT2D eigenvalue weighted by Gasteiger charge is 2.18. The van der Waals surface area contributed by atoms with Crippen molar-refractivity contribution >= 4 is 34.8 Å². The lowest BCUT2D eigenvalue weighted by molar-refractivity contribution is -0.114. The van der Waals surface area contributed by atoms with E-state index in [2.05, 4.69) is 10.6 Å². The van der Waals surface area contributed by atoms with Crippen molar-refractivity contribution in [3.63, 3.8) is 0 Å². The smallest absolute Gasteiger partial charge is 0.255 e. The molecule has 0 bridgehead atoms. The third kappa shape index (κ3) is 6.02. The normalized spacial score (nSPS) is 10.4. The molecule has 0 aliphatic rings. The van der Waals surface area contributed by atoms with Crippen molar-refractivity contribution in [1.29, 1.82) is 0 Å². The number of halogens is 1. The van der Waals surface area contributed by atoms with Crippen LogP contribution in [0.4, 0.5) is 11.4 Å². The van der Waals surface area contributed by atoms with Gasteiger partial charge < -0.3 is 24.8 Å². The Labute approximate surface area is 175 Å². The molecular weight excluding hydrogens is 396 g/mol. The topological polar surface area (TPSA) is 85.9 Å². The van der Waals surface area contributed by atoms with E-state index in [1.807, 2.05) is 13.8 Å². The van der Waals surface area contributed by atoms with Gasteiger partial charge in [0, 0.05) is 18.2 Å². The number of hydrogen-bond donors (Lipinski definition) is 2.